The van der Waals surface area contributed by atoms with E-state index in [9.17, 15) is 4.79 Å². The summed E-state index contributed by atoms with van der Waals surface area (Å²) in [4.78, 5) is 14.8. The van der Waals surface area contributed by atoms with Crippen LogP contribution >= 0.6 is 0 Å². The Hall–Kier alpha value is -1.59. The minimum Gasteiger partial charge on any atom is -0.481 e. The summed E-state index contributed by atoms with van der Waals surface area (Å²) in [5, 5.41) is 15.3. The predicted octanol–water partition coefficient (Wildman–Crippen LogP) is 0.211. The number of nitrogens with one attached hydrogen (secondary N) is 1. The smallest absolute Gasteiger partial charge is 0.307 e. The molecule has 1 aromatic heterocycles. The fourth-order valence-corrected chi connectivity index (χ4v) is 2.04. The summed E-state index contributed by atoms with van der Waals surface area (Å²) in [6.07, 6.45) is 0. The van der Waals surface area contributed by atoms with E-state index >= 15 is 0 Å². The monoisotopic (exact) mass is 196 g/mol. The lowest BCUT2D eigenvalue weighted by Gasteiger charge is -1.96. The number of anilines is 1. The first-order chi connectivity index (χ1) is 6.44. The first-order valence-corrected chi connectivity index (χ1v) is 4.35. The Labute approximate surface area is 80.5 Å². The number of aromatic nitrogens is 3. The van der Waals surface area contributed by atoms with Crippen LogP contribution in [0, 0.1) is 11.3 Å². The maximum Gasteiger partial charge on any atom is 0.307 e. The zero-order valence-corrected chi connectivity index (χ0v) is 7.98. The van der Waals surface area contributed by atoms with Crippen molar-refractivity contribution >= 4 is 11.9 Å². The van der Waals surface area contributed by atoms with Crippen LogP contribution in [0.2, 0.25) is 0 Å². The van der Waals surface area contributed by atoms with Crippen molar-refractivity contribution in [2.24, 2.45) is 11.3 Å². The molecule has 0 aliphatic heterocycles. The van der Waals surface area contributed by atoms with Gasteiger partial charge in [-0.1, -0.05) is 13.8 Å². The molecule has 6 nitrogen and oxygen atoms in total. The summed E-state index contributed by atoms with van der Waals surface area (Å²) < 4.78 is 0. The molecule has 2 atom stereocenters. The largest absolute Gasteiger partial charge is 0.481 e. The highest BCUT2D eigenvalue weighted by atomic mass is 16.4. The van der Waals surface area contributed by atoms with Gasteiger partial charge in [0.25, 0.3) is 0 Å². The van der Waals surface area contributed by atoms with Gasteiger partial charge in [0.05, 0.1) is 5.92 Å². The van der Waals surface area contributed by atoms with Gasteiger partial charge >= 0.3 is 5.97 Å². The molecule has 1 aromatic rings. The zero-order chi connectivity index (χ0) is 10.5. The van der Waals surface area contributed by atoms with Gasteiger partial charge in [0.15, 0.2) is 0 Å². The maximum absolute atomic E-state index is 10.9. The molecule has 0 bridgehead atoms. The molecular formula is C8H12N4O2. The second kappa shape index (κ2) is 2.46. The summed E-state index contributed by atoms with van der Waals surface area (Å²) in [6.45, 7) is 3.80. The number of rotatable bonds is 2. The fraction of sp³-hybridized carbons (Fsp3) is 0.625. The van der Waals surface area contributed by atoms with Crippen LogP contribution in [-0.4, -0.2) is 26.3 Å². The van der Waals surface area contributed by atoms with Gasteiger partial charge in [-0.25, -0.2) is 0 Å². The van der Waals surface area contributed by atoms with Crippen molar-refractivity contribution in [3.8, 4) is 0 Å². The number of nitrogens with two attached hydrogens (primary N) is 1. The Morgan fingerprint density at radius 3 is 2.64 bits per heavy atom. The number of nitrogen functional groups attached to an aromatic ring is 1. The highest BCUT2D eigenvalue weighted by molar-refractivity contribution is 5.77. The van der Waals surface area contributed by atoms with Gasteiger partial charge in [-0.05, 0) is 5.41 Å². The van der Waals surface area contributed by atoms with Crippen molar-refractivity contribution < 1.29 is 9.90 Å². The lowest BCUT2D eigenvalue weighted by Crippen LogP contribution is -2.03. The van der Waals surface area contributed by atoms with Crippen LogP contribution < -0.4 is 5.73 Å². The van der Waals surface area contributed by atoms with E-state index in [1.54, 1.807) is 0 Å². The highest BCUT2D eigenvalue weighted by Crippen LogP contribution is 2.63. The summed E-state index contributed by atoms with van der Waals surface area (Å²) in [6, 6.07) is 0. The third kappa shape index (κ3) is 1.07. The van der Waals surface area contributed by atoms with Gasteiger partial charge in [-0.15, -0.1) is 5.10 Å². The van der Waals surface area contributed by atoms with E-state index in [2.05, 4.69) is 15.2 Å². The molecule has 0 radical (unpaired) electrons. The molecule has 14 heavy (non-hydrogen) atoms. The molecule has 0 saturated heterocycles. The Morgan fingerprint density at radius 2 is 2.29 bits per heavy atom. The first kappa shape index (κ1) is 8.98. The second-order valence-electron chi connectivity index (χ2n) is 4.19. The topological polar surface area (TPSA) is 105 Å². The summed E-state index contributed by atoms with van der Waals surface area (Å²) in [5.74, 6) is -0.568. The average Bonchev–Trinajstić information content (AvgIpc) is 2.42. The third-order valence-electron chi connectivity index (χ3n) is 2.91. The Balaban J connectivity index is 2.27. The lowest BCUT2D eigenvalue weighted by atomic mass is 10.1. The highest BCUT2D eigenvalue weighted by Gasteiger charge is 2.64. The minimum atomic E-state index is -0.796. The van der Waals surface area contributed by atoms with Crippen LogP contribution in [0.5, 0.6) is 0 Å². The third-order valence-corrected chi connectivity index (χ3v) is 2.91. The molecule has 1 saturated carbocycles. The second-order valence-corrected chi connectivity index (χ2v) is 4.19. The van der Waals surface area contributed by atoms with Crippen LogP contribution in [0.15, 0.2) is 0 Å². The standard InChI is InChI=1S/C8H12N4O2/c1-8(2)3(4(8)6(13)14)5-10-7(9)12-11-5/h3-4H,1-2H3,(H,13,14)(H3,9,10,11,12)/t3-,4+/m1/s1. The Morgan fingerprint density at radius 1 is 1.64 bits per heavy atom. The normalized spacial score (nSPS) is 28.7. The number of carboxylic acid groups (broad SMARTS) is 1. The number of aliphatic carboxylic acids is 1. The van der Waals surface area contributed by atoms with Gasteiger partial charge in [0.1, 0.15) is 5.82 Å². The SMILES string of the molecule is CC1(C)[C@H](C(=O)O)[C@@H]1c1nc(N)n[nH]1. The molecule has 2 rings (SSSR count). The summed E-state index contributed by atoms with van der Waals surface area (Å²) >= 11 is 0. The van der Waals surface area contributed by atoms with Gasteiger partial charge in [0.2, 0.25) is 5.95 Å². The number of hydrogen-bond donors (Lipinski definition) is 3. The van der Waals surface area contributed by atoms with Crippen molar-refractivity contribution in [2.75, 3.05) is 5.73 Å². The van der Waals surface area contributed by atoms with Crippen LogP contribution in [-0.2, 0) is 4.79 Å². The van der Waals surface area contributed by atoms with Gasteiger partial charge < -0.3 is 10.8 Å². The zero-order valence-electron chi connectivity index (χ0n) is 7.98. The van der Waals surface area contributed by atoms with Crippen molar-refractivity contribution in [3.63, 3.8) is 0 Å². The van der Waals surface area contributed by atoms with E-state index < -0.39 is 11.9 Å². The van der Waals surface area contributed by atoms with Crippen molar-refractivity contribution in [2.45, 2.75) is 19.8 Å². The van der Waals surface area contributed by atoms with Crippen LogP contribution in [0.1, 0.15) is 25.6 Å². The molecule has 4 N–H and O–H groups in total. The Kier molecular flexibility index (Phi) is 1.58. The van der Waals surface area contributed by atoms with Crippen LogP contribution in [0.3, 0.4) is 0 Å². The summed E-state index contributed by atoms with van der Waals surface area (Å²) in [5.41, 5.74) is 5.09. The van der Waals surface area contributed by atoms with E-state index in [1.807, 2.05) is 13.8 Å². The molecule has 6 heteroatoms. The molecule has 0 spiro atoms. The Bertz CT molecular complexity index is 384. The van der Waals surface area contributed by atoms with E-state index in [4.69, 9.17) is 10.8 Å². The number of hydrogen-bond acceptors (Lipinski definition) is 4. The molecular weight excluding hydrogens is 184 g/mol. The fourth-order valence-electron chi connectivity index (χ4n) is 2.04. The molecule has 0 aromatic carbocycles. The lowest BCUT2D eigenvalue weighted by molar-refractivity contribution is -0.139. The first-order valence-electron chi connectivity index (χ1n) is 4.35. The van der Waals surface area contributed by atoms with Crippen LogP contribution in [0.25, 0.3) is 0 Å². The summed E-state index contributed by atoms with van der Waals surface area (Å²) in [7, 11) is 0. The predicted molar refractivity (Wildman–Crippen MR) is 48.4 cm³/mol. The van der Waals surface area contributed by atoms with Gasteiger partial charge in [-0.3, -0.25) is 9.89 Å². The molecule has 1 aliphatic rings. The number of H-pyrrole nitrogens is 1. The molecule has 0 unspecified atom stereocenters. The molecule has 1 fully saturated rings. The average molecular weight is 196 g/mol. The minimum absolute atomic E-state index is 0.107. The van der Waals surface area contributed by atoms with E-state index in [0.717, 1.165) is 0 Å². The molecule has 76 valence electrons. The quantitative estimate of drug-likeness (QED) is 0.627. The maximum atomic E-state index is 10.9. The number of carboxylic acids is 1. The van der Waals surface area contributed by atoms with E-state index in [-0.39, 0.29) is 17.3 Å². The molecule has 0 amide bonds. The number of aromatic amines is 1. The van der Waals surface area contributed by atoms with Crippen molar-refractivity contribution in [3.05, 3.63) is 5.82 Å². The van der Waals surface area contributed by atoms with E-state index in [0.29, 0.717) is 5.82 Å². The van der Waals surface area contributed by atoms with Gasteiger partial charge in [-0.2, -0.15) is 4.98 Å². The number of nitrogens with zero attached hydrogens (tertiary/aromatic N) is 2. The number of carbonyl (C=O) groups is 1. The molecule has 1 heterocycles. The molecule has 1 aliphatic carbocycles. The van der Waals surface area contributed by atoms with Crippen LogP contribution in [0.4, 0.5) is 5.95 Å². The van der Waals surface area contributed by atoms with Gasteiger partial charge in [0, 0.05) is 5.92 Å². The van der Waals surface area contributed by atoms with E-state index in [1.165, 1.54) is 0 Å². The van der Waals surface area contributed by atoms with Crippen molar-refractivity contribution in [1.82, 2.24) is 15.2 Å². The van der Waals surface area contributed by atoms with Crippen molar-refractivity contribution in [1.29, 1.82) is 0 Å².